The van der Waals surface area contributed by atoms with E-state index in [1.165, 1.54) is 6.42 Å². The van der Waals surface area contributed by atoms with E-state index in [1.54, 1.807) is 6.08 Å². The largest absolute Gasteiger partial charge is 0.478 e. The Labute approximate surface area is 94.3 Å². The van der Waals surface area contributed by atoms with Crippen LogP contribution >= 0.6 is 0 Å². The van der Waals surface area contributed by atoms with E-state index in [4.69, 9.17) is 10.2 Å². The van der Waals surface area contributed by atoms with E-state index < -0.39 is 11.9 Å². The van der Waals surface area contributed by atoms with Gasteiger partial charge in [0, 0.05) is 6.08 Å². The highest BCUT2D eigenvalue weighted by Gasteiger charge is 2.13. The molecule has 0 saturated heterocycles. The number of carbonyl (C=O) groups is 2. The maximum atomic E-state index is 10.9. The van der Waals surface area contributed by atoms with Crippen LogP contribution in [0, 0.1) is 5.92 Å². The van der Waals surface area contributed by atoms with Crippen LogP contribution in [0.5, 0.6) is 0 Å². The van der Waals surface area contributed by atoms with Gasteiger partial charge in [-0.1, -0.05) is 25.3 Å². The minimum Gasteiger partial charge on any atom is -0.478 e. The summed E-state index contributed by atoms with van der Waals surface area (Å²) in [4.78, 5) is 21.2. The fraction of sp³-hybridized carbons (Fsp3) is 0.500. The molecule has 1 aliphatic rings. The van der Waals surface area contributed by atoms with Crippen molar-refractivity contribution in [2.45, 2.75) is 32.1 Å². The summed E-state index contributed by atoms with van der Waals surface area (Å²) >= 11 is 0. The van der Waals surface area contributed by atoms with E-state index in [9.17, 15) is 9.59 Å². The molecule has 0 aromatic rings. The molecular formula is C12H16O4. The van der Waals surface area contributed by atoms with Gasteiger partial charge >= 0.3 is 11.9 Å². The van der Waals surface area contributed by atoms with Crippen molar-refractivity contribution in [2.24, 2.45) is 5.92 Å². The minimum atomic E-state index is -1.13. The van der Waals surface area contributed by atoms with E-state index >= 15 is 0 Å². The maximum absolute atomic E-state index is 10.9. The van der Waals surface area contributed by atoms with Crippen LogP contribution in [0.25, 0.3) is 0 Å². The smallest absolute Gasteiger partial charge is 0.335 e. The van der Waals surface area contributed by atoms with Crippen LogP contribution in [0.15, 0.2) is 23.8 Å². The molecule has 0 bridgehead atoms. The second-order valence-electron chi connectivity index (χ2n) is 4.00. The first-order valence-corrected chi connectivity index (χ1v) is 5.45. The normalized spacial score (nSPS) is 18.9. The summed E-state index contributed by atoms with van der Waals surface area (Å²) in [5.41, 5.74) is 0.0781. The Kier molecular flexibility index (Phi) is 4.76. The van der Waals surface area contributed by atoms with Gasteiger partial charge in [-0.3, -0.25) is 0 Å². The first-order chi connectivity index (χ1) is 7.59. The molecule has 0 atom stereocenters. The molecule has 1 rings (SSSR count). The van der Waals surface area contributed by atoms with Crippen LogP contribution in [0.2, 0.25) is 0 Å². The Balaban J connectivity index is 2.71. The van der Waals surface area contributed by atoms with Crippen LogP contribution in [-0.4, -0.2) is 22.2 Å². The van der Waals surface area contributed by atoms with Gasteiger partial charge in [0.25, 0.3) is 0 Å². The molecule has 1 aliphatic carbocycles. The highest BCUT2D eigenvalue weighted by Crippen LogP contribution is 2.25. The molecule has 4 heteroatoms. The standard InChI is InChI=1S/C12H16O4/c13-11(14)7-6-10(12(15)16)8-9-4-2-1-3-5-9/h6-9H,1-5H2,(H,13,14)(H,15,16). The Bertz CT molecular complexity index is 322. The van der Waals surface area contributed by atoms with Gasteiger partial charge in [0.2, 0.25) is 0 Å². The monoisotopic (exact) mass is 224 g/mol. The summed E-state index contributed by atoms with van der Waals surface area (Å²) in [6, 6.07) is 0. The van der Waals surface area contributed by atoms with Crippen LogP contribution in [-0.2, 0) is 9.59 Å². The fourth-order valence-corrected chi connectivity index (χ4v) is 1.91. The molecule has 0 amide bonds. The van der Waals surface area contributed by atoms with Crippen LogP contribution in [0.1, 0.15) is 32.1 Å². The van der Waals surface area contributed by atoms with Gasteiger partial charge in [0.15, 0.2) is 0 Å². The molecule has 2 N–H and O–H groups in total. The summed E-state index contributed by atoms with van der Waals surface area (Å²) < 4.78 is 0. The quantitative estimate of drug-likeness (QED) is 0.567. The third-order valence-corrected chi connectivity index (χ3v) is 2.72. The summed E-state index contributed by atoms with van der Waals surface area (Å²) in [6.45, 7) is 0. The molecule has 0 aromatic heterocycles. The van der Waals surface area contributed by atoms with Crippen LogP contribution in [0.4, 0.5) is 0 Å². The number of allylic oxidation sites excluding steroid dienone is 1. The van der Waals surface area contributed by atoms with Gasteiger partial charge in [-0.05, 0) is 24.8 Å². The number of aliphatic carboxylic acids is 2. The lowest BCUT2D eigenvalue weighted by molar-refractivity contribution is -0.132. The molecule has 0 aromatic carbocycles. The van der Waals surface area contributed by atoms with Crippen molar-refractivity contribution >= 4 is 11.9 Å². The van der Waals surface area contributed by atoms with E-state index in [1.807, 2.05) is 0 Å². The van der Waals surface area contributed by atoms with E-state index in [0.29, 0.717) is 0 Å². The molecule has 16 heavy (non-hydrogen) atoms. The molecule has 0 radical (unpaired) electrons. The second kappa shape index (κ2) is 6.10. The predicted molar refractivity (Wildman–Crippen MR) is 59.1 cm³/mol. The highest BCUT2D eigenvalue weighted by molar-refractivity contribution is 5.92. The fourth-order valence-electron chi connectivity index (χ4n) is 1.91. The number of carboxylic acid groups (broad SMARTS) is 2. The predicted octanol–water partition coefficient (Wildman–Crippen LogP) is 2.22. The van der Waals surface area contributed by atoms with Gasteiger partial charge in [0.1, 0.15) is 0 Å². The number of carboxylic acids is 2. The van der Waals surface area contributed by atoms with Gasteiger partial charge in [-0.2, -0.15) is 0 Å². The maximum Gasteiger partial charge on any atom is 0.335 e. The number of rotatable bonds is 4. The van der Waals surface area contributed by atoms with Gasteiger partial charge in [-0.15, -0.1) is 0 Å². The zero-order valence-electron chi connectivity index (χ0n) is 9.06. The number of hydrogen-bond acceptors (Lipinski definition) is 2. The lowest BCUT2D eigenvalue weighted by Crippen LogP contribution is -2.07. The highest BCUT2D eigenvalue weighted by atomic mass is 16.4. The first kappa shape index (κ1) is 12.5. The van der Waals surface area contributed by atoms with Crippen molar-refractivity contribution in [3.63, 3.8) is 0 Å². The van der Waals surface area contributed by atoms with Crippen molar-refractivity contribution in [3.05, 3.63) is 23.8 Å². The molecule has 0 unspecified atom stereocenters. The second-order valence-corrected chi connectivity index (χ2v) is 4.00. The van der Waals surface area contributed by atoms with Crippen LogP contribution < -0.4 is 0 Å². The van der Waals surface area contributed by atoms with Crippen molar-refractivity contribution in [3.8, 4) is 0 Å². The third kappa shape index (κ3) is 4.29. The van der Waals surface area contributed by atoms with Crippen molar-refractivity contribution in [1.82, 2.24) is 0 Å². The SMILES string of the molecule is O=C(O)C=CC(=CC1CCCCC1)C(=O)O. The molecule has 0 heterocycles. The first-order valence-electron chi connectivity index (χ1n) is 5.45. The number of hydrogen-bond donors (Lipinski definition) is 2. The van der Waals surface area contributed by atoms with E-state index in [0.717, 1.165) is 37.8 Å². The average Bonchev–Trinajstić information content (AvgIpc) is 2.25. The van der Waals surface area contributed by atoms with E-state index in [-0.39, 0.29) is 11.5 Å². The molecule has 1 fully saturated rings. The van der Waals surface area contributed by atoms with Crippen molar-refractivity contribution < 1.29 is 19.8 Å². The molecule has 88 valence electrons. The zero-order chi connectivity index (χ0) is 12.0. The Hall–Kier alpha value is -1.58. The minimum absolute atomic E-state index is 0.0781. The lowest BCUT2D eigenvalue weighted by Gasteiger charge is -2.18. The van der Waals surface area contributed by atoms with Crippen molar-refractivity contribution in [2.75, 3.05) is 0 Å². The average molecular weight is 224 g/mol. The summed E-state index contributed by atoms with van der Waals surface area (Å²) in [5.74, 6) is -1.92. The molecular weight excluding hydrogens is 208 g/mol. The third-order valence-electron chi connectivity index (χ3n) is 2.72. The Morgan fingerprint density at radius 2 is 1.62 bits per heavy atom. The Morgan fingerprint density at radius 3 is 2.12 bits per heavy atom. The molecule has 0 spiro atoms. The van der Waals surface area contributed by atoms with Gasteiger partial charge < -0.3 is 10.2 Å². The summed E-state index contributed by atoms with van der Waals surface area (Å²) in [6.07, 6.45) is 9.14. The molecule has 1 saturated carbocycles. The zero-order valence-corrected chi connectivity index (χ0v) is 9.06. The Morgan fingerprint density at radius 1 is 1.00 bits per heavy atom. The van der Waals surface area contributed by atoms with Crippen LogP contribution in [0.3, 0.4) is 0 Å². The van der Waals surface area contributed by atoms with Crippen molar-refractivity contribution in [1.29, 1.82) is 0 Å². The van der Waals surface area contributed by atoms with E-state index in [2.05, 4.69) is 0 Å². The summed E-state index contributed by atoms with van der Waals surface area (Å²) in [5, 5.41) is 17.3. The topological polar surface area (TPSA) is 74.6 Å². The lowest BCUT2D eigenvalue weighted by atomic mass is 9.88. The van der Waals surface area contributed by atoms with Gasteiger partial charge in [-0.25, -0.2) is 9.59 Å². The molecule has 0 aliphatic heterocycles. The molecule has 4 nitrogen and oxygen atoms in total. The van der Waals surface area contributed by atoms with Gasteiger partial charge in [0.05, 0.1) is 5.57 Å². The summed E-state index contributed by atoms with van der Waals surface area (Å²) in [7, 11) is 0.